The predicted octanol–water partition coefficient (Wildman–Crippen LogP) is 2.16. The Labute approximate surface area is 128 Å². The summed E-state index contributed by atoms with van der Waals surface area (Å²) in [6.07, 6.45) is 1.77. The highest BCUT2D eigenvalue weighted by molar-refractivity contribution is 7.11. The van der Waals surface area contributed by atoms with Gasteiger partial charge in [0.15, 0.2) is 0 Å². The van der Waals surface area contributed by atoms with Crippen LogP contribution in [0.1, 0.15) is 15.4 Å². The van der Waals surface area contributed by atoms with Gasteiger partial charge in [0.05, 0.1) is 18.2 Å². The molecule has 0 aliphatic rings. The number of nitrogens with one attached hydrogen (secondary N) is 1. The average molecular weight is 305 g/mol. The minimum atomic E-state index is -0.182. The zero-order valence-corrected chi connectivity index (χ0v) is 12.8. The van der Waals surface area contributed by atoms with Crippen LogP contribution in [-0.2, 0) is 13.1 Å². The van der Waals surface area contributed by atoms with Crippen molar-refractivity contribution in [3.8, 4) is 0 Å². The van der Waals surface area contributed by atoms with Crippen molar-refractivity contribution in [2.45, 2.75) is 20.0 Å². The zero-order valence-electron chi connectivity index (χ0n) is 12.0. The second kappa shape index (κ2) is 7.75. The highest BCUT2D eigenvalue weighted by atomic mass is 32.1. The number of rotatable bonds is 6. The molecule has 1 heterocycles. The van der Waals surface area contributed by atoms with Gasteiger partial charge >= 0.3 is 6.03 Å². The van der Waals surface area contributed by atoms with E-state index >= 15 is 0 Å². The monoisotopic (exact) mass is 305 g/mol. The van der Waals surface area contributed by atoms with Gasteiger partial charge in [-0.2, -0.15) is 0 Å². The standard InChI is InChI=1S/C15H19N3O2S/c1-12-16-9-14(21-12)10-17-15(20)18(7-8-19)11-13-5-3-2-4-6-13/h2-6,9,19H,7-8,10-11H2,1H3,(H,17,20). The fourth-order valence-corrected chi connectivity index (χ4v) is 2.67. The van der Waals surface area contributed by atoms with Crippen molar-refractivity contribution in [2.24, 2.45) is 0 Å². The van der Waals surface area contributed by atoms with Crippen LogP contribution in [0.4, 0.5) is 4.79 Å². The van der Waals surface area contributed by atoms with Crippen molar-refractivity contribution in [2.75, 3.05) is 13.2 Å². The summed E-state index contributed by atoms with van der Waals surface area (Å²) >= 11 is 1.57. The molecule has 0 radical (unpaired) electrons. The lowest BCUT2D eigenvalue weighted by Crippen LogP contribution is -2.40. The van der Waals surface area contributed by atoms with Crippen LogP contribution in [0.15, 0.2) is 36.5 Å². The summed E-state index contributed by atoms with van der Waals surface area (Å²) in [6, 6.07) is 9.55. The van der Waals surface area contributed by atoms with Gasteiger partial charge in [0.25, 0.3) is 0 Å². The number of hydrogen-bond donors (Lipinski definition) is 2. The molecule has 0 unspecified atom stereocenters. The second-order valence-electron chi connectivity index (χ2n) is 4.64. The first kappa shape index (κ1) is 15.5. The van der Waals surface area contributed by atoms with Crippen LogP contribution in [0.2, 0.25) is 0 Å². The van der Waals surface area contributed by atoms with Crippen molar-refractivity contribution in [3.05, 3.63) is 52.0 Å². The lowest BCUT2D eigenvalue weighted by molar-refractivity contribution is 0.174. The summed E-state index contributed by atoms with van der Waals surface area (Å²) in [4.78, 5) is 19.0. The number of carbonyl (C=O) groups is 1. The first-order valence-corrected chi connectivity index (χ1v) is 7.59. The molecule has 6 heteroatoms. The van der Waals surface area contributed by atoms with E-state index < -0.39 is 0 Å². The number of carbonyl (C=O) groups excluding carboxylic acids is 1. The zero-order chi connectivity index (χ0) is 15.1. The number of aliphatic hydroxyl groups is 1. The van der Waals surface area contributed by atoms with Crippen LogP contribution in [0.5, 0.6) is 0 Å². The lowest BCUT2D eigenvalue weighted by Gasteiger charge is -2.22. The molecule has 0 atom stereocenters. The van der Waals surface area contributed by atoms with Gasteiger partial charge in [0.2, 0.25) is 0 Å². The maximum atomic E-state index is 12.2. The normalized spacial score (nSPS) is 10.4. The van der Waals surface area contributed by atoms with Crippen molar-refractivity contribution >= 4 is 17.4 Å². The molecule has 2 N–H and O–H groups in total. The van der Waals surface area contributed by atoms with Crippen molar-refractivity contribution in [1.29, 1.82) is 0 Å². The van der Waals surface area contributed by atoms with Crippen LogP contribution in [0, 0.1) is 6.92 Å². The minimum Gasteiger partial charge on any atom is -0.395 e. The molecular weight excluding hydrogens is 286 g/mol. The fraction of sp³-hybridized carbons (Fsp3) is 0.333. The molecule has 2 aromatic rings. The van der Waals surface area contributed by atoms with E-state index in [0.29, 0.717) is 19.6 Å². The van der Waals surface area contributed by atoms with Crippen molar-refractivity contribution in [1.82, 2.24) is 15.2 Å². The summed E-state index contributed by atoms with van der Waals surface area (Å²) in [5.41, 5.74) is 1.04. The third-order valence-corrected chi connectivity index (χ3v) is 3.87. The number of aromatic nitrogens is 1. The second-order valence-corrected chi connectivity index (χ2v) is 5.95. The number of nitrogens with zero attached hydrogens (tertiary/aromatic N) is 2. The molecule has 21 heavy (non-hydrogen) atoms. The maximum Gasteiger partial charge on any atom is 0.318 e. The van der Waals surface area contributed by atoms with Gasteiger partial charge in [-0.3, -0.25) is 0 Å². The lowest BCUT2D eigenvalue weighted by atomic mass is 10.2. The molecule has 0 saturated heterocycles. The van der Waals surface area contributed by atoms with Crippen molar-refractivity contribution < 1.29 is 9.90 Å². The van der Waals surface area contributed by atoms with E-state index in [2.05, 4.69) is 10.3 Å². The molecule has 2 rings (SSSR count). The van der Waals surface area contributed by atoms with Gasteiger partial charge in [-0.1, -0.05) is 30.3 Å². The topological polar surface area (TPSA) is 65.5 Å². The van der Waals surface area contributed by atoms with Gasteiger partial charge < -0.3 is 15.3 Å². The van der Waals surface area contributed by atoms with Crippen LogP contribution < -0.4 is 5.32 Å². The van der Waals surface area contributed by atoms with E-state index in [0.717, 1.165) is 15.4 Å². The molecule has 0 aliphatic heterocycles. The highest BCUT2D eigenvalue weighted by Crippen LogP contribution is 2.11. The Hall–Kier alpha value is -1.92. The van der Waals surface area contributed by atoms with Crippen LogP contribution >= 0.6 is 11.3 Å². The minimum absolute atomic E-state index is 0.0556. The van der Waals surface area contributed by atoms with Gasteiger partial charge in [-0.05, 0) is 12.5 Å². The molecule has 5 nitrogen and oxygen atoms in total. The number of amides is 2. The fourth-order valence-electron chi connectivity index (χ4n) is 1.94. The Morgan fingerprint density at radius 2 is 2.14 bits per heavy atom. The van der Waals surface area contributed by atoms with E-state index in [1.165, 1.54) is 0 Å². The van der Waals surface area contributed by atoms with E-state index in [9.17, 15) is 4.79 Å². The Bertz CT molecular complexity index is 571. The average Bonchev–Trinajstić information content (AvgIpc) is 2.91. The van der Waals surface area contributed by atoms with Gasteiger partial charge in [-0.25, -0.2) is 9.78 Å². The molecule has 112 valence electrons. The summed E-state index contributed by atoms with van der Waals surface area (Å²) in [5.74, 6) is 0. The predicted molar refractivity (Wildman–Crippen MR) is 83.0 cm³/mol. The molecule has 0 saturated carbocycles. The Morgan fingerprint density at radius 3 is 2.76 bits per heavy atom. The number of aliphatic hydroxyl groups excluding tert-OH is 1. The number of benzene rings is 1. The van der Waals surface area contributed by atoms with Gasteiger partial charge in [-0.15, -0.1) is 11.3 Å². The molecule has 0 aliphatic carbocycles. The summed E-state index contributed by atoms with van der Waals surface area (Å²) < 4.78 is 0. The smallest absolute Gasteiger partial charge is 0.318 e. The van der Waals surface area contributed by atoms with E-state index in [1.807, 2.05) is 37.3 Å². The number of urea groups is 1. The number of thiazole rings is 1. The maximum absolute atomic E-state index is 12.2. The largest absolute Gasteiger partial charge is 0.395 e. The first-order chi connectivity index (χ1) is 10.2. The third-order valence-electron chi connectivity index (χ3n) is 2.96. The van der Waals surface area contributed by atoms with Crippen molar-refractivity contribution in [3.63, 3.8) is 0 Å². The number of aryl methyl sites for hydroxylation is 1. The van der Waals surface area contributed by atoms with Gasteiger partial charge in [0.1, 0.15) is 0 Å². The Balaban J connectivity index is 1.92. The molecule has 0 spiro atoms. The highest BCUT2D eigenvalue weighted by Gasteiger charge is 2.13. The Morgan fingerprint density at radius 1 is 1.38 bits per heavy atom. The van der Waals surface area contributed by atoms with Crippen LogP contribution in [0.25, 0.3) is 0 Å². The molecule has 1 aromatic carbocycles. The summed E-state index contributed by atoms with van der Waals surface area (Å²) in [7, 11) is 0. The molecule has 1 aromatic heterocycles. The quantitative estimate of drug-likeness (QED) is 0.859. The SMILES string of the molecule is Cc1ncc(CNC(=O)N(CCO)Cc2ccccc2)s1. The molecule has 0 bridgehead atoms. The molecule has 0 fully saturated rings. The Kier molecular flexibility index (Phi) is 5.71. The van der Waals surface area contributed by atoms with E-state index in [4.69, 9.17) is 5.11 Å². The van der Waals surface area contributed by atoms with Crippen LogP contribution in [-0.4, -0.2) is 34.2 Å². The summed E-state index contributed by atoms with van der Waals surface area (Å²) in [6.45, 7) is 3.13. The summed E-state index contributed by atoms with van der Waals surface area (Å²) in [5, 5.41) is 13.0. The van der Waals surface area contributed by atoms with E-state index in [-0.39, 0.29) is 12.6 Å². The number of hydrogen-bond acceptors (Lipinski definition) is 4. The third kappa shape index (κ3) is 4.84. The van der Waals surface area contributed by atoms with E-state index in [1.54, 1.807) is 22.4 Å². The first-order valence-electron chi connectivity index (χ1n) is 6.78. The molecular formula is C15H19N3O2S. The molecule has 2 amide bonds. The van der Waals surface area contributed by atoms with Gasteiger partial charge in [0, 0.05) is 24.2 Å². The van der Waals surface area contributed by atoms with Crippen LogP contribution in [0.3, 0.4) is 0 Å².